The average Bonchev–Trinajstić information content (AvgIpc) is 3.81. The minimum Gasteiger partial charge on any atom is -0.481 e. The summed E-state index contributed by atoms with van der Waals surface area (Å²) in [5.74, 6) is -4.62. The molecule has 1 aromatic heterocycles. The zero-order valence-corrected chi connectivity index (χ0v) is 39.3. The molecular weight excluding hydrogens is 904 g/mol. The zero-order chi connectivity index (χ0) is 49.3. The van der Waals surface area contributed by atoms with Gasteiger partial charge in [0.25, 0.3) is 0 Å². The van der Waals surface area contributed by atoms with E-state index >= 15 is 4.39 Å². The van der Waals surface area contributed by atoms with Crippen LogP contribution in [0.5, 0.6) is 0 Å². The van der Waals surface area contributed by atoms with Crippen molar-refractivity contribution in [3.63, 3.8) is 0 Å². The molecule has 4 fully saturated rings. The van der Waals surface area contributed by atoms with Crippen molar-refractivity contribution in [3.05, 3.63) is 77.5 Å². The van der Waals surface area contributed by atoms with Crippen molar-refractivity contribution in [3.8, 4) is 0 Å². The van der Waals surface area contributed by atoms with E-state index in [0.29, 0.717) is 42.0 Å². The van der Waals surface area contributed by atoms with E-state index in [9.17, 15) is 43.8 Å². The van der Waals surface area contributed by atoms with Gasteiger partial charge < -0.3 is 51.4 Å². The molecule has 20 heteroatoms. The fraction of sp³-hybridized carbons (Fsp3) is 0.542. The molecule has 0 spiro atoms. The quantitative estimate of drug-likeness (QED) is 0.107. The molecule has 1 aromatic carbocycles. The number of carbonyl (C=O) groups excluding carboxylic acids is 6. The van der Waals surface area contributed by atoms with Crippen LogP contribution in [-0.2, 0) is 49.6 Å². The number of pyridine rings is 1. The van der Waals surface area contributed by atoms with Gasteiger partial charge in [-0.15, -0.1) is 0 Å². The number of anilines is 2. The summed E-state index contributed by atoms with van der Waals surface area (Å²) in [6.07, 6.45) is 4.74. The van der Waals surface area contributed by atoms with Crippen LogP contribution in [-0.4, -0.2) is 122 Å². The number of nitrogens with one attached hydrogen (secondary N) is 5. The number of aliphatic hydroxyl groups is 2. The number of aliphatic hydroxyl groups excluding tert-OH is 2. The van der Waals surface area contributed by atoms with Gasteiger partial charge in [-0.3, -0.25) is 33.6 Å². The Morgan fingerprint density at radius 2 is 1.71 bits per heavy atom. The first-order valence-electron chi connectivity index (χ1n) is 22.7. The first-order chi connectivity index (χ1) is 32.2. The molecule has 68 heavy (non-hydrogen) atoms. The van der Waals surface area contributed by atoms with Gasteiger partial charge in [-0.05, 0) is 101 Å². The largest absolute Gasteiger partial charge is 0.481 e. The SMILES string of the molecule is CSC(CC(=O)O)C(=O)NCCC(=O)N[C@@H](C)C(=O)N[C@@H](C)C(=O)Nc1ccc(CNc2ccc([C@@H]3O[C@@H]4C[C@H]5[C@@H]6CCC7=CC(=O)C=C[C@]7(C)[C@@]6(F)[C@@H](O)C[C@]5(C)[C@]4(C(=O)CO)O3)cn2)cc1. The number of carboxylic acids is 1. The number of aromatic nitrogens is 1. The van der Waals surface area contributed by atoms with Crippen LogP contribution in [0.1, 0.15) is 83.6 Å². The predicted molar refractivity (Wildman–Crippen MR) is 246 cm³/mol. The predicted octanol–water partition coefficient (Wildman–Crippen LogP) is 3.05. The molecule has 0 bridgehead atoms. The number of thioether (sulfide) groups is 1. The number of alkyl halides is 1. The second-order valence-electron chi connectivity index (χ2n) is 18.8. The lowest BCUT2D eigenvalue weighted by molar-refractivity contribution is -0.231. The number of nitrogens with zero attached hydrogens (tertiary/aromatic N) is 1. The fourth-order valence-electron chi connectivity index (χ4n) is 11.2. The van der Waals surface area contributed by atoms with E-state index in [1.165, 1.54) is 26.0 Å². The number of hydrogen-bond donors (Lipinski definition) is 8. The van der Waals surface area contributed by atoms with E-state index in [1.54, 1.807) is 61.9 Å². The summed E-state index contributed by atoms with van der Waals surface area (Å²) in [5, 5.41) is 43.8. The molecular formula is C48H59FN6O12S. The number of carboxylic acid groups (broad SMARTS) is 1. The van der Waals surface area contributed by atoms with Gasteiger partial charge in [0.1, 0.15) is 24.5 Å². The van der Waals surface area contributed by atoms with Gasteiger partial charge in [0.2, 0.25) is 23.6 Å². The smallest absolute Gasteiger partial charge is 0.305 e. The van der Waals surface area contributed by atoms with Gasteiger partial charge in [0.15, 0.2) is 29.1 Å². The van der Waals surface area contributed by atoms with E-state index in [1.807, 2.05) is 6.92 Å². The summed E-state index contributed by atoms with van der Waals surface area (Å²) in [4.78, 5) is 91.7. The summed E-state index contributed by atoms with van der Waals surface area (Å²) >= 11 is 1.08. The van der Waals surface area contributed by atoms with E-state index in [0.717, 1.165) is 17.3 Å². The molecule has 1 aliphatic heterocycles. The third kappa shape index (κ3) is 9.20. The van der Waals surface area contributed by atoms with Crippen LogP contribution in [0.2, 0.25) is 0 Å². The Morgan fingerprint density at radius 3 is 2.37 bits per heavy atom. The van der Waals surface area contributed by atoms with E-state index in [-0.39, 0.29) is 38.0 Å². The van der Waals surface area contributed by atoms with E-state index in [2.05, 4.69) is 31.6 Å². The third-order valence-corrected chi connectivity index (χ3v) is 15.8. The minimum atomic E-state index is -2.10. The Balaban J connectivity index is 0.888. The second kappa shape index (κ2) is 19.8. The highest BCUT2D eigenvalue weighted by atomic mass is 32.2. The molecule has 2 heterocycles. The lowest BCUT2D eigenvalue weighted by Gasteiger charge is -2.62. The molecule has 0 radical (unpaired) electrons. The van der Waals surface area contributed by atoms with Crippen molar-refractivity contribution in [2.24, 2.45) is 22.7 Å². The number of halogens is 1. The number of benzene rings is 1. The number of hydrogen-bond acceptors (Lipinski definition) is 14. The Morgan fingerprint density at radius 1 is 0.985 bits per heavy atom. The molecule has 3 saturated carbocycles. The fourth-order valence-corrected chi connectivity index (χ4v) is 11.8. The second-order valence-corrected chi connectivity index (χ2v) is 19.8. The summed E-state index contributed by atoms with van der Waals surface area (Å²) in [6, 6.07) is 8.51. The van der Waals surface area contributed by atoms with Crippen molar-refractivity contribution in [1.82, 2.24) is 20.9 Å². The van der Waals surface area contributed by atoms with Gasteiger partial charge in [0, 0.05) is 53.7 Å². The first kappa shape index (κ1) is 50.3. The normalized spacial score (nSPS) is 31.3. The summed E-state index contributed by atoms with van der Waals surface area (Å²) < 4.78 is 30.8. The van der Waals surface area contributed by atoms with Gasteiger partial charge in [-0.2, -0.15) is 11.8 Å². The van der Waals surface area contributed by atoms with Crippen LogP contribution in [0.15, 0.2) is 66.4 Å². The van der Waals surface area contributed by atoms with Gasteiger partial charge in [-0.1, -0.05) is 30.7 Å². The Hall–Kier alpha value is -5.54. The number of amides is 4. The standard InChI is InChI=1S/C48H59FN6O12S/c1-25(53-39(60)15-17-50-43(65)34(68-5)20-40(61)62)41(63)54-26(2)42(64)55-30-10-6-27(7-11-30)22-51-38-13-8-28(23-52-38)44-66-37-19-33-32-12-9-29-18-31(57)14-16-45(29,3)47(32,49)35(58)21-46(33,4)48(37,67-44)36(59)24-56/h6-8,10-11,13-14,16,18,23,25-26,32-35,37,44,56,58H,9,12,15,17,19-22,24H2,1-5H3,(H,50,65)(H,51,52)(H,53,60)(H,54,63)(H,55,64)(H,61,62)/t25-,26-,32-,33-,34?,35-,37+,44+,45-,46-,47-,48+/m0/s1. The van der Waals surface area contributed by atoms with Crippen LogP contribution in [0.3, 0.4) is 0 Å². The Kier molecular flexibility index (Phi) is 14.7. The van der Waals surface area contributed by atoms with Crippen molar-refractivity contribution in [2.45, 2.75) is 120 Å². The Labute approximate surface area is 397 Å². The number of allylic oxidation sites excluding steroid dienone is 4. The average molecular weight is 963 g/mol. The number of rotatable bonds is 18. The molecule has 5 aliphatic rings. The van der Waals surface area contributed by atoms with Crippen LogP contribution in [0.25, 0.3) is 0 Å². The number of carbonyl (C=O) groups is 7. The minimum absolute atomic E-state index is 0.0509. The summed E-state index contributed by atoms with van der Waals surface area (Å²) in [7, 11) is 0. The van der Waals surface area contributed by atoms with Crippen LogP contribution in [0, 0.1) is 22.7 Å². The first-order valence-corrected chi connectivity index (χ1v) is 24.0. The van der Waals surface area contributed by atoms with Gasteiger partial charge in [-0.25, -0.2) is 9.37 Å². The highest BCUT2D eigenvalue weighted by molar-refractivity contribution is 7.99. The lowest BCUT2D eigenvalue weighted by atomic mass is 9.44. The molecule has 1 unspecified atom stereocenters. The number of ether oxygens (including phenoxy) is 2. The number of fused-ring (bicyclic) bond motifs is 7. The molecule has 7 rings (SSSR count). The van der Waals surface area contributed by atoms with Gasteiger partial charge >= 0.3 is 5.97 Å². The van der Waals surface area contributed by atoms with Crippen molar-refractivity contribution in [2.75, 3.05) is 30.0 Å². The molecule has 4 aliphatic carbocycles. The molecule has 2 aromatic rings. The molecule has 366 valence electrons. The highest BCUT2D eigenvalue weighted by Crippen LogP contribution is 2.72. The van der Waals surface area contributed by atoms with Crippen LogP contribution >= 0.6 is 11.8 Å². The van der Waals surface area contributed by atoms with Crippen LogP contribution in [0.4, 0.5) is 15.9 Å². The summed E-state index contributed by atoms with van der Waals surface area (Å²) in [5.41, 5.74) is -3.55. The number of ketones is 2. The molecule has 12 atom stereocenters. The molecule has 18 nitrogen and oxygen atoms in total. The maximum atomic E-state index is 17.7. The maximum absolute atomic E-state index is 17.7. The highest BCUT2D eigenvalue weighted by Gasteiger charge is 2.79. The van der Waals surface area contributed by atoms with Crippen molar-refractivity contribution in [1.29, 1.82) is 0 Å². The van der Waals surface area contributed by atoms with Crippen molar-refractivity contribution < 1.29 is 62.7 Å². The number of aliphatic carboxylic acids is 1. The van der Waals surface area contributed by atoms with E-state index < -0.39 is 112 Å². The van der Waals surface area contributed by atoms with E-state index in [4.69, 9.17) is 14.6 Å². The van der Waals surface area contributed by atoms with Gasteiger partial charge in [0.05, 0.1) is 23.9 Å². The van der Waals surface area contributed by atoms with Crippen LogP contribution < -0.4 is 26.6 Å². The molecule has 8 N–H and O–H groups in total. The zero-order valence-electron chi connectivity index (χ0n) is 38.5. The topological polar surface area (TPSA) is 272 Å². The summed E-state index contributed by atoms with van der Waals surface area (Å²) in [6.45, 7) is 5.99. The maximum Gasteiger partial charge on any atom is 0.305 e. The monoisotopic (exact) mass is 962 g/mol. The lowest BCUT2D eigenvalue weighted by Crippen LogP contribution is -2.69. The molecule has 4 amide bonds. The molecule has 1 saturated heterocycles. The third-order valence-electron chi connectivity index (χ3n) is 14.8. The Bertz CT molecular complexity index is 2390. The number of Topliss-reactive ketones (excluding diaryl/α,β-unsaturated/α-hetero) is 1. The van der Waals surface area contributed by atoms with Crippen molar-refractivity contribution >= 4 is 64.4 Å².